The minimum Gasteiger partial charge on any atom is -0.463 e. The summed E-state index contributed by atoms with van der Waals surface area (Å²) < 4.78 is 18.8. The van der Waals surface area contributed by atoms with Crippen LogP contribution in [0, 0.1) is 46.3 Å². The van der Waals surface area contributed by atoms with Crippen LogP contribution in [-0.2, 0) is 19.0 Å². The van der Waals surface area contributed by atoms with Crippen LogP contribution in [0.1, 0.15) is 92.4 Å². The molecule has 5 aliphatic rings. The van der Waals surface area contributed by atoms with E-state index in [0.717, 1.165) is 64.4 Å². The predicted molar refractivity (Wildman–Crippen MR) is 132 cm³/mol. The second-order valence-corrected chi connectivity index (χ2v) is 13.5. The molecule has 0 unspecified atom stereocenters. The Balaban J connectivity index is 1.36. The van der Waals surface area contributed by atoms with Gasteiger partial charge in [-0.05, 0) is 91.8 Å². The maximum atomic E-state index is 11.9. The lowest BCUT2D eigenvalue weighted by atomic mass is 9.51. The summed E-state index contributed by atoms with van der Waals surface area (Å²) >= 11 is 0. The van der Waals surface area contributed by atoms with Crippen molar-refractivity contribution in [3.05, 3.63) is 0 Å². The van der Waals surface area contributed by atoms with Gasteiger partial charge < -0.3 is 24.4 Å². The van der Waals surface area contributed by atoms with Crippen molar-refractivity contribution in [2.45, 2.75) is 117 Å². The molecule has 2 aliphatic heterocycles. The average molecular weight is 493 g/mol. The molecule has 2 N–H and O–H groups in total. The molecule has 0 amide bonds. The van der Waals surface area contributed by atoms with Crippen LogP contribution in [0.15, 0.2) is 0 Å². The smallest absolute Gasteiger partial charge is 0.302 e. The highest BCUT2D eigenvalue weighted by Crippen LogP contribution is 2.66. The van der Waals surface area contributed by atoms with Crippen LogP contribution in [0.4, 0.5) is 0 Å². The molecular formula is C29H48O6. The molecule has 5 fully saturated rings. The zero-order valence-corrected chi connectivity index (χ0v) is 22.5. The topological polar surface area (TPSA) is 85.2 Å². The highest BCUT2D eigenvalue weighted by atomic mass is 16.7. The summed E-state index contributed by atoms with van der Waals surface area (Å²) in [6.45, 7) is 11.6. The van der Waals surface area contributed by atoms with Gasteiger partial charge in [0.1, 0.15) is 6.10 Å². The first-order valence-electron chi connectivity index (χ1n) is 14.3. The Morgan fingerprint density at radius 3 is 2.51 bits per heavy atom. The molecule has 3 aliphatic carbocycles. The quantitative estimate of drug-likeness (QED) is 0.554. The zero-order valence-electron chi connectivity index (χ0n) is 22.5. The highest BCUT2D eigenvalue weighted by molar-refractivity contribution is 5.66. The van der Waals surface area contributed by atoms with Crippen LogP contribution in [0.25, 0.3) is 0 Å². The number of hydrogen-bond donors (Lipinski definition) is 2. The molecule has 0 radical (unpaired) electrons. The third-order valence-corrected chi connectivity index (χ3v) is 11.6. The van der Waals surface area contributed by atoms with Crippen LogP contribution in [0.3, 0.4) is 0 Å². The van der Waals surface area contributed by atoms with Crippen molar-refractivity contribution < 1.29 is 29.2 Å². The second kappa shape index (κ2) is 9.25. The number of fused-ring (bicyclic) bond motifs is 2. The van der Waals surface area contributed by atoms with Gasteiger partial charge in [0, 0.05) is 25.9 Å². The van der Waals surface area contributed by atoms with Gasteiger partial charge in [-0.1, -0.05) is 27.7 Å². The Morgan fingerprint density at radius 2 is 1.86 bits per heavy atom. The molecular weight excluding hydrogens is 444 g/mol. The first kappa shape index (κ1) is 25.9. The van der Waals surface area contributed by atoms with Gasteiger partial charge in [-0.3, -0.25) is 4.79 Å². The monoisotopic (exact) mass is 492 g/mol. The maximum absolute atomic E-state index is 11.9. The number of ether oxygens (including phenoxy) is 3. The van der Waals surface area contributed by atoms with Gasteiger partial charge in [-0.25, -0.2) is 0 Å². The van der Waals surface area contributed by atoms with Gasteiger partial charge in [0.05, 0.1) is 18.8 Å². The Labute approximate surface area is 211 Å². The second-order valence-electron chi connectivity index (χ2n) is 13.5. The van der Waals surface area contributed by atoms with Crippen molar-refractivity contribution in [3.63, 3.8) is 0 Å². The Morgan fingerprint density at radius 1 is 1.09 bits per heavy atom. The summed E-state index contributed by atoms with van der Waals surface area (Å²) in [6, 6.07) is 0. The van der Waals surface area contributed by atoms with Gasteiger partial charge in [0.2, 0.25) is 0 Å². The number of aliphatic hydroxyl groups is 2. The molecule has 1 spiro atoms. The van der Waals surface area contributed by atoms with E-state index in [1.165, 1.54) is 6.92 Å². The molecule has 200 valence electrons. The maximum Gasteiger partial charge on any atom is 0.302 e. The summed E-state index contributed by atoms with van der Waals surface area (Å²) in [5, 5.41) is 22.1. The number of carbonyl (C=O) groups excluding carboxylic acids is 1. The third-order valence-electron chi connectivity index (χ3n) is 11.6. The third kappa shape index (κ3) is 4.09. The number of hydrogen-bond acceptors (Lipinski definition) is 6. The molecule has 0 aromatic heterocycles. The zero-order chi connectivity index (χ0) is 25.2. The van der Waals surface area contributed by atoms with Crippen molar-refractivity contribution >= 4 is 5.97 Å². The van der Waals surface area contributed by atoms with Crippen molar-refractivity contribution in [3.8, 4) is 0 Å². The number of aliphatic hydroxyl groups excluding tert-OH is 2. The van der Waals surface area contributed by atoms with Crippen molar-refractivity contribution in [1.29, 1.82) is 0 Å². The first-order valence-corrected chi connectivity index (χ1v) is 14.3. The predicted octanol–water partition coefficient (Wildman–Crippen LogP) is 4.70. The fourth-order valence-corrected chi connectivity index (χ4v) is 9.61. The molecule has 2 heterocycles. The largest absolute Gasteiger partial charge is 0.463 e. The van der Waals surface area contributed by atoms with Crippen LogP contribution in [-0.4, -0.2) is 53.5 Å². The van der Waals surface area contributed by atoms with E-state index >= 15 is 0 Å². The first-order chi connectivity index (χ1) is 16.5. The number of esters is 1. The fraction of sp³-hybridized carbons (Fsp3) is 0.966. The van der Waals surface area contributed by atoms with E-state index in [9.17, 15) is 15.0 Å². The lowest BCUT2D eigenvalue weighted by molar-refractivity contribution is -0.272. The summed E-state index contributed by atoms with van der Waals surface area (Å²) in [6.07, 6.45) is 8.19. The lowest BCUT2D eigenvalue weighted by Gasteiger charge is -2.56. The van der Waals surface area contributed by atoms with E-state index in [4.69, 9.17) is 14.2 Å². The molecule has 3 saturated carbocycles. The molecule has 6 nitrogen and oxygen atoms in total. The standard InChI is InChI=1S/C29H48O6/c1-17-8-11-29(33-16-17)18(2)25-24(35-29)15-23(28(25,5)12-13-30)22-7-6-20-14-21(34-19(3)31)9-10-27(20,4)26(22)32/h17-18,20-26,30,32H,6-16H2,1-5H3/t17-,18+,20+,21+,22+,23+,24+,25+,26+,27+,28+,29-/m1/s1. The summed E-state index contributed by atoms with van der Waals surface area (Å²) in [4.78, 5) is 11.5. The Kier molecular flexibility index (Phi) is 6.86. The van der Waals surface area contributed by atoms with E-state index in [1.54, 1.807) is 0 Å². The van der Waals surface area contributed by atoms with Crippen molar-refractivity contribution in [2.24, 2.45) is 46.3 Å². The van der Waals surface area contributed by atoms with Gasteiger partial charge in [0.15, 0.2) is 5.79 Å². The van der Waals surface area contributed by atoms with E-state index in [2.05, 4.69) is 27.7 Å². The Hall–Kier alpha value is -0.690. The SMILES string of the molecule is CC(=O)O[C@H]1CC[C@@]2(C)[C@@H](CC[C@@H]([C@@H]3C[C@@H]4O[C@]5(CC[C@@H](C)CO5)[C@@H](C)[C@@H]4[C@@]3(C)CCO)[C@@H]2O)C1. The number of carbonyl (C=O) groups is 1. The molecule has 2 saturated heterocycles. The molecule has 5 rings (SSSR count). The van der Waals surface area contributed by atoms with Crippen LogP contribution < -0.4 is 0 Å². The van der Waals surface area contributed by atoms with Gasteiger partial charge in [0.25, 0.3) is 0 Å². The average Bonchev–Trinajstić information content (AvgIpc) is 3.23. The van der Waals surface area contributed by atoms with E-state index in [-0.39, 0.29) is 53.6 Å². The number of rotatable bonds is 4. The van der Waals surface area contributed by atoms with Gasteiger partial charge in [-0.15, -0.1) is 0 Å². The van der Waals surface area contributed by atoms with E-state index in [0.29, 0.717) is 23.7 Å². The fourth-order valence-electron chi connectivity index (χ4n) is 9.61. The van der Waals surface area contributed by atoms with E-state index in [1.807, 2.05) is 0 Å². The van der Waals surface area contributed by atoms with Crippen molar-refractivity contribution in [2.75, 3.05) is 13.2 Å². The normalized spacial score (nSPS) is 53.9. The molecule has 0 aromatic rings. The molecule has 35 heavy (non-hydrogen) atoms. The lowest BCUT2D eigenvalue weighted by Crippen LogP contribution is -2.55. The van der Waals surface area contributed by atoms with Crippen LogP contribution in [0.2, 0.25) is 0 Å². The van der Waals surface area contributed by atoms with Crippen LogP contribution in [0.5, 0.6) is 0 Å². The Bertz CT molecular complexity index is 792. The summed E-state index contributed by atoms with van der Waals surface area (Å²) in [5.41, 5.74) is -0.230. The summed E-state index contributed by atoms with van der Waals surface area (Å²) in [7, 11) is 0. The van der Waals surface area contributed by atoms with Gasteiger partial charge >= 0.3 is 5.97 Å². The van der Waals surface area contributed by atoms with Crippen molar-refractivity contribution in [1.82, 2.24) is 0 Å². The van der Waals surface area contributed by atoms with E-state index < -0.39 is 5.79 Å². The summed E-state index contributed by atoms with van der Waals surface area (Å²) in [5.74, 6) is 1.45. The molecule has 12 atom stereocenters. The van der Waals surface area contributed by atoms with Gasteiger partial charge in [-0.2, -0.15) is 0 Å². The molecule has 6 heteroatoms. The van der Waals surface area contributed by atoms with Crippen LogP contribution >= 0.6 is 0 Å². The minimum absolute atomic E-state index is 0.0107. The molecule has 0 aromatic carbocycles. The molecule has 0 bridgehead atoms. The minimum atomic E-state index is -0.471. The highest BCUT2D eigenvalue weighted by Gasteiger charge is 2.67.